The monoisotopic (exact) mass is 332 g/mol. The van der Waals surface area contributed by atoms with Crippen LogP contribution in [0.3, 0.4) is 0 Å². The lowest BCUT2D eigenvalue weighted by molar-refractivity contribution is -0.116. The Morgan fingerprint density at radius 3 is 2.95 bits per heavy atom. The molecule has 0 bridgehead atoms. The molecule has 0 radical (unpaired) electrons. The molecule has 1 saturated heterocycles. The number of ether oxygens (including phenoxy) is 1. The number of sulfone groups is 1. The highest BCUT2D eigenvalue weighted by molar-refractivity contribution is 7.91. The van der Waals surface area contributed by atoms with E-state index in [1.807, 2.05) is 0 Å². The molecule has 1 unspecified atom stereocenters. The lowest BCUT2D eigenvalue weighted by Gasteiger charge is -2.23. The molecule has 6 nitrogen and oxygen atoms in total. The number of amides is 1. The average Bonchev–Trinajstić information content (AvgIpc) is 2.39. The fraction of sp³-hybridized carbons (Fsp3) is 0.462. The smallest absolute Gasteiger partial charge is 0.225 e. The molecule has 1 aromatic rings. The third kappa shape index (κ3) is 4.59. The van der Waals surface area contributed by atoms with Crippen LogP contribution in [0.4, 0.5) is 5.69 Å². The Balaban J connectivity index is 1.95. The Morgan fingerprint density at radius 1 is 1.52 bits per heavy atom. The molecule has 1 heterocycles. The number of nitrogens with one attached hydrogen (secondary N) is 2. The lowest BCUT2D eigenvalue weighted by atomic mass is 10.2. The number of hydrogen-bond donors (Lipinski definition) is 2. The summed E-state index contributed by atoms with van der Waals surface area (Å²) in [5.41, 5.74) is 0.555. The van der Waals surface area contributed by atoms with Crippen molar-refractivity contribution in [3.8, 4) is 5.75 Å². The van der Waals surface area contributed by atoms with Gasteiger partial charge in [0, 0.05) is 30.8 Å². The highest BCUT2D eigenvalue weighted by Gasteiger charge is 2.26. The zero-order chi connectivity index (χ0) is 15.5. The predicted molar refractivity (Wildman–Crippen MR) is 81.7 cm³/mol. The van der Waals surface area contributed by atoms with Crippen LogP contribution < -0.4 is 15.4 Å². The van der Waals surface area contributed by atoms with Crippen molar-refractivity contribution < 1.29 is 17.9 Å². The minimum absolute atomic E-state index is 0.00956. The zero-order valence-corrected chi connectivity index (χ0v) is 13.1. The largest absolute Gasteiger partial charge is 0.495 e. The van der Waals surface area contributed by atoms with Gasteiger partial charge in [-0.25, -0.2) is 8.42 Å². The van der Waals surface area contributed by atoms with Gasteiger partial charge in [-0.05, 0) is 12.1 Å². The van der Waals surface area contributed by atoms with E-state index in [4.69, 9.17) is 16.3 Å². The highest BCUT2D eigenvalue weighted by atomic mass is 35.5. The molecule has 116 valence electrons. The van der Waals surface area contributed by atoms with Crippen LogP contribution >= 0.6 is 11.6 Å². The molecule has 8 heteroatoms. The summed E-state index contributed by atoms with van der Waals surface area (Å²) in [7, 11) is -1.56. The second-order valence-corrected chi connectivity index (χ2v) is 7.50. The Hall–Kier alpha value is -1.31. The molecule has 1 aliphatic rings. The Morgan fingerprint density at radius 2 is 2.29 bits per heavy atom. The molecule has 2 rings (SSSR count). The van der Waals surface area contributed by atoms with Crippen molar-refractivity contribution in [1.29, 1.82) is 0 Å². The Labute approximate surface area is 128 Å². The van der Waals surface area contributed by atoms with Gasteiger partial charge in [0.25, 0.3) is 0 Å². The first-order chi connectivity index (χ1) is 9.89. The van der Waals surface area contributed by atoms with Crippen molar-refractivity contribution in [3.05, 3.63) is 23.2 Å². The number of hydrogen-bond acceptors (Lipinski definition) is 5. The predicted octanol–water partition coefficient (Wildman–Crippen LogP) is 1.06. The molecule has 0 aliphatic carbocycles. The van der Waals surface area contributed by atoms with E-state index in [9.17, 15) is 13.2 Å². The van der Waals surface area contributed by atoms with E-state index < -0.39 is 9.84 Å². The van der Waals surface area contributed by atoms with Crippen LogP contribution in [0.2, 0.25) is 5.02 Å². The van der Waals surface area contributed by atoms with Crippen LogP contribution in [0.5, 0.6) is 5.75 Å². The quantitative estimate of drug-likeness (QED) is 0.861. The van der Waals surface area contributed by atoms with E-state index in [0.29, 0.717) is 23.0 Å². The minimum atomic E-state index is -3.05. The first-order valence-electron chi connectivity index (χ1n) is 6.47. The molecule has 1 aromatic carbocycles. The van der Waals surface area contributed by atoms with Crippen LogP contribution in [0.15, 0.2) is 18.2 Å². The summed E-state index contributed by atoms with van der Waals surface area (Å²) in [6.07, 6.45) is 0.101. The van der Waals surface area contributed by atoms with Crippen LogP contribution in [-0.4, -0.2) is 45.5 Å². The summed E-state index contributed by atoms with van der Waals surface area (Å²) in [5.74, 6) is 0.325. The maximum Gasteiger partial charge on any atom is 0.225 e. The Kier molecular flexibility index (Phi) is 5.08. The summed E-state index contributed by atoms with van der Waals surface area (Å²) in [4.78, 5) is 12.0. The van der Waals surface area contributed by atoms with Gasteiger partial charge in [0.2, 0.25) is 5.91 Å². The van der Waals surface area contributed by atoms with Crippen molar-refractivity contribution in [2.24, 2.45) is 0 Å². The number of carbonyl (C=O) groups is 1. The molecule has 1 aliphatic heterocycles. The highest BCUT2D eigenvalue weighted by Crippen LogP contribution is 2.27. The van der Waals surface area contributed by atoms with E-state index in [1.165, 1.54) is 7.11 Å². The first kappa shape index (κ1) is 16.1. The van der Waals surface area contributed by atoms with Crippen LogP contribution in [0.1, 0.15) is 6.42 Å². The van der Waals surface area contributed by atoms with E-state index in [1.54, 1.807) is 18.2 Å². The molecule has 0 aromatic heterocycles. The zero-order valence-electron chi connectivity index (χ0n) is 11.6. The molecule has 21 heavy (non-hydrogen) atoms. The SMILES string of the molecule is COc1cc(NC(=O)CC2CS(=O)(=O)CCN2)ccc1Cl. The van der Waals surface area contributed by atoms with Crippen molar-refractivity contribution in [1.82, 2.24) is 5.32 Å². The van der Waals surface area contributed by atoms with Crippen LogP contribution in [-0.2, 0) is 14.6 Å². The molecule has 1 fully saturated rings. The van der Waals surface area contributed by atoms with Crippen molar-refractivity contribution in [2.75, 3.05) is 30.5 Å². The Bertz CT molecular complexity index is 633. The van der Waals surface area contributed by atoms with E-state index in [-0.39, 0.29) is 29.9 Å². The van der Waals surface area contributed by atoms with E-state index >= 15 is 0 Å². The van der Waals surface area contributed by atoms with Crippen molar-refractivity contribution in [2.45, 2.75) is 12.5 Å². The average molecular weight is 333 g/mol. The summed E-state index contributed by atoms with van der Waals surface area (Å²) in [6.45, 7) is 0.384. The number of anilines is 1. The standard InChI is InChI=1S/C13H17ClN2O4S/c1-20-12-6-9(2-3-11(12)14)16-13(17)7-10-8-21(18,19)5-4-15-10/h2-3,6,10,15H,4-5,7-8H2,1H3,(H,16,17). The third-order valence-electron chi connectivity index (χ3n) is 3.17. The van der Waals surface area contributed by atoms with Gasteiger partial charge in [-0.15, -0.1) is 0 Å². The van der Waals surface area contributed by atoms with Gasteiger partial charge in [0.1, 0.15) is 5.75 Å². The molecule has 0 saturated carbocycles. The van der Waals surface area contributed by atoms with E-state index in [2.05, 4.69) is 10.6 Å². The number of methoxy groups -OCH3 is 1. The van der Waals surface area contributed by atoms with Gasteiger partial charge in [0.15, 0.2) is 9.84 Å². The van der Waals surface area contributed by atoms with Gasteiger partial charge < -0.3 is 15.4 Å². The van der Waals surface area contributed by atoms with E-state index in [0.717, 1.165) is 0 Å². The van der Waals surface area contributed by atoms with Gasteiger partial charge >= 0.3 is 0 Å². The molecule has 1 atom stereocenters. The topological polar surface area (TPSA) is 84.5 Å². The molecular weight excluding hydrogens is 316 g/mol. The molecule has 2 N–H and O–H groups in total. The minimum Gasteiger partial charge on any atom is -0.495 e. The van der Waals surface area contributed by atoms with Gasteiger partial charge in [0.05, 0.1) is 23.6 Å². The normalized spacial score (nSPS) is 20.8. The summed E-state index contributed by atoms with van der Waals surface area (Å²) in [5, 5.41) is 6.20. The van der Waals surface area contributed by atoms with Gasteiger partial charge in [-0.2, -0.15) is 0 Å². The first-order valence-corrected chi connectivity index (χ1v) is 8.67. The molecule has 1 amide bonds. The van der Waals surface area contributed by atoms with Crippen molar-refractivity contribution >= 4 is 33.0 Å². The van der Waals surface area contributed by atoms with Gasteiger partial charge in [-0.1, -0.05) is 11.6 Å². The maximum absolute atomic E-state index is 12.0. The summed E-state index contributed by atoms with van der Waals surface area (Å²) < 4.78 is 28.1. The summed E-state index contributed by atoms with van der Waals surface area (Å²) >= 11 is 5.91. The maximum atomic E-state index is 12.0. The summed E-state index contributed by atoms with van der Waals surface area (Å²) in [6, 6.07) is 4.55. The molecular formula is C13H17ClN2O4S. The number of halogens is 1. The fourth-order valence-electron chi connectivity index (χ4n) is 2.17. The van der Waals surface area contributed by atoms with Crippen molar-refractivity contribution in [3.63, 3.8) is 0 Å². The fourth-order valence-corrected chi connectivity index (χ4v) is 3.81. The number of rotatable bonds is 4. The lowest BCUT2D eigenvalue weighted by Crippen LogP contribution is -2.46. The third-order valence-corrected chi connectivity index (χ3v) is 5.22. The molecule has 0 spiro atoms. The van der Waals surface area contributed by atoms with Gasteiger partial charge in [-0.3, -0.25) is 4.79 Å². The second-order valence-electron chi connectivity index (χ2n) is 4.87. The number of benzene rings is 1. The van der Waals surface area contributed by atoms with Crippen LogP contribution in [0, 0.1) is 0 Å². The van der Waals surface area contributed by atoms with Crippen LogP contribution in [0.25, 0.3) is 0 Å². The second kappa shape index (κ2) is 6.64. The number of carbonyl (C=O) groups excluding carboxylic acids is 1.